The summed E-state index contributed by atoms with van der Waals surface area (Å²) >= 11 is 10.9. The Balaban J connectivity index is 0.000000120. The van der Waals surface area contributed by atoms with E-state index < -0.39 is 7.12 Å². The van der Waals surface area contributed by atoms with Gasteiger partial charge in [0.05, 0.1) is 22.1 Å². The van der Waals surface area contributed by atoms with Gasteiger partial charge in [-0.1, -0.05) is 199 Å². The van der Waals surface area contributed by atoms with Crippen LogP contribution in [0, 0.1) is 0 Å². The van der Waals surface area contributed by atoms with E-state index in [4.69, 9.17) is 0 Å². The van der Waals surface area contributed by atoms with Crippen molar-refractivity contribution in [3.63, 3.8) is 0 Å². The van der Waals surface area contributed by atoms with Gasteiger partial charge in [-0.2, -0.15) is 0 Å². The lowest BCUT2D eigenvalue weighted by molar-refractivity contribution is 0.426. The minimum absolute atomic E-state index is 0.490. The Bertz CT molecular complexity index is 4190. The minimum atomic E-state index is -1.44. The third-order valence-corrected chi connectivity index (χ3v) is 15.7. The molecule has 0 aliphatic heterocycles. The molecule has 2 aromatic heterocycles. The standard InChI is InChI=1S/C32H20BrN.C18H14BNO2.C14H8Br2/c33-30-12-6-8-23-19-28-22(20-29(23)30)7-5-11-25(28)21-15-17-24(18-16-21)34-31-13-3-1-9-26(31)27-10-2-4-14-32(27)34;21-19(22)13-9-11-14(12-10-13)20-17-7-3-1-5-15(17)16-6-2-4-8-18(16)20;15-13-5-1-3-9-7-12-10(8-11(9)13)4-2-6-14(12)16/h1-20H;1-12,21-22H;1-8H. The Morgan fingerprint density at radius 3 is 0.986 bits per heavy atom. The molecule has 0 saturated carbocycles. The fourth-order valence-corrected chi connectivity index (χ4v) is 11.7. The highest BCUT2D eigenvalue weighted by molar-refractivity contribution is 9.11. The Kier molecular flexibility index (Phi) is 12.3. The summed E-state index contributed by atoms with van der Waals surface area (Å²) < 4.78 is 7.98. The van der Waals surface area contributed by atoms with Gasteiger partial charge in [-0.25, -0.2) is 0 Å². The van der Waals surface area contributed by atoms with Crippen LogP contribution in [0.2, 0.25) is 0 Å². The first-order chi connectivity index (χ1) is 35.3. The molecular formula is C64H42BBr3N2O2. The Labute approximate surface area is 441 Å². The van der Waals surface area contributed by atoms with Crippen LogP contribution in [0.15, 0.2) is 256 Å². The summed E-state index contributed by atoms with van der Waals surface area (Å²) in [5.41, 5.74) is 9.90. The first kappa shape index (κ1) is 45.8. The number of para-hydroxylation sites is 4. The molecule has 344 valence electrons. The van der Waals surface area contributed by atoms with Crippen LogP contribution in [-0.4, -0.2) is 26.3 Å². The average molecular weight is 1120 g/mol. The number of hydrogen-bond acceptors (Lipinski definition) is 2. The number of hydrogen-bond donors (Lipinski definition) is 2. The summed E-state index contributed by atoms with van der Waals surface area (Å²) in [7, 11) is -1.44. The van der Waals surface area contributed by atoms with Gasteiger partial charge in [-0.3, -0.25) is 0 Å². The van der Waals surface area contributed by atoms with Crippen molar-refractivity contribution in [2.75, 3.05) is 0 Å². The molecule has 0 fully saturated rings. The highest BCUT2D eigenvalue weighted by Crippen LogP contribution is 2.37. The molecule has 12 aromatic carbocycles. The molecule has 8 heteroatoms. The zero-order valence-corrected chi connectivity index (χ0v) is 43.4. The summed E-state index contributed by atoms with van der Waals surface area (Å²) in [4.78, 5) is 0. The van der Waals surface area contributed by atoms with Gasteiger partial charge in [0.1, 0.15) is 0 Å². The molecule has 0 radical (unpaired) electrons. The van der Waals surface area contributed by atoms with Gasteiger partial charge in [0, 0.05) is 46.3 Å². The van der Waals surface area contributed by atoms with E-state index in [9.17, 15) is 10.0 Å². The fraction of sp³-hybridized carbons (Fsp3) is 0. The minimum Gasteiger partial charge on any atom is -0.423 e. The first-order valence-electron chi connectivity index (χ1n) is 23.7. The molecule has 2 heterocycles. The molecular weight excluding hydrogens is 1080 g/mol. The van der Waals surface area contributed by atoms with Gasteiger partial charge in [-0.05, 0) is 151 Å². The van der Waals surface area contributed by atoms with E-state index in [1.807, 2.05) is 36.4 Å². The molecule has 0 aliphatic rings. The van der Waals surface area contributed by atoms with Crippen LogP contribution in [0.5, 0.6) is 0 Å². The van der Waals surface area contributed by atoms with E-state index in [0.29, 0.717) is 5.46 Å². The Morgan fingerprint density at radius 1 is 0.292 bits per heavy atom. The number of aromatic nitrogens is 2. The predicted octanol–water partition coefficient (Wildman–Crippen LogP) is 17.5. The summed E-state index contributed by atoms with van der Waals surface area (Å²) in [6.07, 6.45) is 0. The number of nitrogens with zero attached hydrogens (tertiary/aromatic N) is 2. The summed E-state index contributed by atoms with van der Waals surface area (Å²) in [6, 6.07) is 84.7. The molecule has 4 nitrogen and oxygen atoms in total. The second-order valence-corrected chi connectivity index (χ2v) is 20.4. The normalized spacial score (nSPS) is 11.4. The van der Waals surface area contributed by atoms with Crippen LogP contribution >= 0.6 is 47.8 Å². The maximum atomic E-state index is 9.24. The van der Waals surface area contributed by atoms with Crippen LogP contribution in [0.3, 0.4) is 0 Å². The van der Waals surface area contributed by atoms with Crippen molar-refractivity contribution in [3.05, 3.63) is 256 Å². The van der Waals surface area contributed by atoms with Crippen molar-refractivity contribution in [2.45, 2.75) is 0 Å². The van der Waals surface area contributed by atoms with E-state index in [-0.39, 0.29) is 0 Å². The lowest BCUT2D eigenvalue weighted by Gasteiger charge is -2.12. The lowest BCUT2D eigenvalue weighted by Crippen LogP contribution is -2.29. The molecule has 0 amide bonds. The molecule has 72 heavy (non-hydrogen) atoms. The predicted molar refractivity (Wildman–Crippen MR) is 316 cm³/mol. The SMILES string of the molecule is Brc1cccc2cc3c(-c4ccc(-n5c6ccccc6c6ccccc65)cc4)cccc3cc12.Brc1cccc2cc3c(Br)cccc3cc12.OB(O)c1ccc(-n2c3ccccc3c3ccccc32)cc1. The van der Waals surface area contributed by atoms with Crippen molar-refractivity contribution in [1.82, 2.24) is 9.13 Å². The maximum Gasteiger partial charge on any atom is 0.488 e. The third kappa shape index (κ3) is 8.39. The zero-order valence-electron chi connectivity index (χ0n) is 38.6. The highest BCUT2D eigenvalue weighted by atomic mass is 79.9. The highest BCUT2D eigenvalue weighted by Gasteiger charge is 2.15. The summed E-state index contributed by atoms with van der Waals surface area (Å²) in [6.45, 7) is 0. The first-order valence-corrected chi connectivity index (χ1v) is 26.1. The molecule has 0 atom stereocenters. The quantitative estimate of drug-likeness (QED) is 0.136. The van der Waals surface area contributed by atoms with Crippen molar-refractivity contribution in [1.29, 1.82) is 0 Å². The average Bonchev–Trinajstić information content (AvgIpc) is 3.94. The van der Waals surface area contributed by atoms with Gasteiger partial charge in [0.15, 0.2) is 0 Å². The molecule has 0 saturated heterocycles. The topological polar surface area (TPSA) is 50.3 Å². The molecule has 14 rings (SSSR count). The molecule has 0 aliphatic carbocycles. The van der Waals surface area contributed by atoms with Gasteiger partial charge in [0.2, 0.25) is 0 Å². The molecule has 0 unspecified atom stereocenters. The second kappa shape index (κ2) is 19.4. The zero-order chi connectivity index (χ0) is 48.9. The van der Waals surface area contributed by atoms with E-state index in [1.54, 1.807) is 12.1 Å². The van der Waals surface area contributed by atoms with Gasteiger partial charge < -0.3 is 19.2 Å². The van der Waals surface area contributed by atoms with Crippen molar-refractivity contribution < 1.29 is 10.0 Å². The van der Waals surface area contributed by atoms with E-state index in [2.05, 4.69) is 251 Å². The number of fused-ring (bicyclic) bond motifs is 10. The molecule has 2 N–H and O–H groups in total. The van der Waals surface area contributed by atoms with E-state index in [1.165, 1.54) is 92.5 Å². The Morgan fingerprint density at radius 2 is 0.611 bits per heavy atom. The summed E-state index contributed by atoms with van der Waals surface area (Å²) in [5.74, 6) is 0. The number of halogens is 3. The van der Waals surface area contributed by atoms with Crippen molar-refractivity contribution >= 4 is 147 Å². The van der Waals surface area contributed by atoms with E-state index in [0.717, 1.165) is 30.1 Å². The smallest absolute Gasteiger partial charge is 0.423 e. The van der Waals surface area contributed by atoms with Crippen LogP contribution in [0.1, 0.15) is 0 Å². The molecule has 14 aromatic rings. The third-order valence-electron chi connectivity index (χ3n) is 13.6. The fourth-order valence-electron chi connectivity index (χ4n) is 10.2. The van der Waals surface area contributed by atoms with Crippen LogP contribution < -0.4 is 5.46 Å². The lowest BCUT2D eigenvalue weighted by atomic mass is 9.80. The monoisotopic (exact) mass is 1120 g/mol. The van der Waals surface area contributed by atoms with Crippen molar-refractivity contribution in [2.24, 2.45) is 0 Å². The maximum absolute atomic E-state index is 9.24. The van der Waals surface area contributed by atoms with Gasteiger partial charge >= 0.3 is 7.12 Å². The van der Waals surface area contributed by atoms with E-state index >= 15 is 0 Å². The number of rotatable bonds is 4. The second-order valence-electron chi connectivity index (χ2n) is 17.9. The van der Waals surface area contributed by atoms with Crippen LogP contribution in [-0.2, 0) is 0 Å². The van der Waals surface area contributed by atoms with Crippen molar-refractivity contribution in [3.8, 4) is 22.5 Å². The largest absolute Gasteiger partial charge is 0.488 e. The molecule has 0 spiro atoms. The Hall–Kier alpha value is -7.30. The summed E-state index contributed by atoms with van der Waals surface area (Å²) in [5, 5.41) is 33.5. The molecule has 0 bridgehead atoms. The van der Waals surface area contributed by atoms with Crippen LogP contribution in [0.4, 0.5) is 0 Å². The van der Waals surface area contributed by atoms with Crippen LogP contribution in [0.25, 0.3) is 109 Å². The van der Waals surface area contributed by atoms with Gasteiger partial charge in [-0.15, -0.1) is 0 Å². The number of benzene rings is 12. The van der Waals surface area contributed by atoms with Gasteiger partial charge in [0.25, 0.3) is 0 Å².